The SMILES string of the molecule is N#Cc1ccc(COC(=O)n2ccnc2)nc1. The van der Waals surface area contributed by atoms with Crippen molar-refractivity contribution in [1.29, 1.82) is 5.26 Å². The van der Waals surface area contributed by atoms with Crippen molar-refractivity contribution >= 4 is 6.09 Å². The van der Waals surface area contributed by atoms with E-state index in [2.05, 4.69) is 9.97 Å². The van der Waals surface area contributed by atoms with E-state index in [9.17, 15) is 4.79 Å². The van der Waals surface area contributed by atoms with E-state index in [0.29, 0.717) is 11.3 Å². The van der Waals surface area contributed by atoms with Crippen molar-refractivity contribution in [3.05, 3.63) is 48.3 Å². The van der Waals surface area contributed by atoms with Crippen molar-refractivity contribution in [2.45, 2.75) is 6.61 Å². The number of nitriles is 1. The molecular weight excluding hydrogens is 220 g/mol. The minimum atomic E-state index is -0.520. The van der Waals surface area contributed by atoms with Gasteiger partial charge in [-0.05, 0) is 12.1 Å². The van der Waals surface area contributed by atoms with E-state index in [1.54, 1.807) is 12.1 Å². The Kier molecular flexibility index (Phi) is 3.12. The third kappa shape index (κ3) is 2.66. The van der Waals surface area contributed by atoms with Crippen LogP contribution in [-0.4, -0.2) is 20.6 Å². The molecule has 2 aromatic heterocycles. The lowest BCUT2D eigenvalue weighted by Gasteiger charge is -2.03. The molecule has 0 atom stereocenters. The Morgan fingerprint density at radius 1 is 1.53 bits per heavy atom. The number of ether oxygens (including phenoxy) is 1. The zero-order valence-electron chi connectivity index (χ0n) is 8.78. The van der Waals surface area contributed by atoms with Gasteiger partial charge in [0.2, 0.25) is 0 Å². The summed E-state index contributed by atoms with van der Waals surface area (Å²) in [6, 6.07) is 5.22. The van der Waals surface area contributed by atoms with Crippen LogP contribution in [0.25, 0.3) is 0 Å². The second-order valence-electron chi connectivity index (χ2n) is 3.17. The number of nitrogens with zero attached hydrogens (tertiary/aromatic N) is 4. The van der Waals surface area contributed by atoms with Gasteiger partial charge in [-0.25, -0.2) is 14.3 Å². The van der Waals surface area contributed by atoms with Gasteiger partial charge in [0.15, 0.2) is 0 Å². The van der Waals surface area contributed by atoms with Gasteiger partial charge >= 0.3 is 6.09 Å². The molecule has 0 bridgehead atoms. The van der Waals surface area contributed by atoms with E-state index >= 15 is 0 Å². The number of imidazole rings is 1. The van der Waals surface area contributed by atoms with Crippen LogP contribution in [0.1, 0.15) is 11.3 Å². The average molecular weight is 228 g/mol. The number of carbonyl (C=O) groups is 1. The Morgan fingerprint density at radius 2 is 2.41 bits per heavy atom. The summed E-state index contributed by atoms with van der Waals surface area (Å²) in [6.07, 6.45) is 5.25. The molecule has 2 aromatic rings. The highest BCUT2D eigenvalue weighted by Crippen LogP contribution is 2.01. The summed E-state index contributed by atoms with van der Waals surface area (Å²) in [7, 11) is 0. The summed E-state index contributed by atoms with van der Waals surface area (Å²) in [5.41, 5.74) is 1.05. The van der Waals surface area contributed by atoms with E-state index in [0.717, 1.165) is 0 Å². The molecule has 0 fully saturated rings. The topological polar surface area (TPSA) is 80.8 Å². The molecule has 0 spiro atoms. The van der Waals surface area contributed by atoms with Gasteiger partial charge in [0, 0.05) is 18.6 Å². The predicted octanol–water partition coefficient (Wildman–Crippen LogP) is 1.33. The number of aromatic nitrogens is 3. The zero-order valence-corrected chi connectivity index (χ0v) is 8.78. The summed E-state index contributed by atoms with van der Waals surface area (Å²) in [5.74, 6) is 0. The van der Waals surface area contributed by atoms with Crippen LogP contribution in [0.3, 0.4) is 0 Å². The Morgan fingerprint density at radius 3 is 3.00 bits per heavy atom. The molecule has 0 saturated heterocycles. The standard InChI is InChI=1S/C11H8N4O2/c12-5-9-1-2-10(14-6-9)7-17-11(16)15-4-3-13-8-15/h1-4,6,8H,7H2. The molecule has 6 nitrogen and oxygen atoms in total. The molecule has 6 heteroatoms. The second-order valence-corrected chi connectivity index (χ2v) is 3.17. The number of hydrogen-bond acceptors (Lipinski definition) is 5. The molecule has 17 heavy (non-hydrogen) atoms. The average Bonchev–Trinajstić information content (AvgIpc) is 2.90. The lowest BCUT2D eigenvalue weighted by atomic mass is 10.3. The maximum Gasteiger partial charge on any atom is 0.419 e. The molecule has 0 N–H and O–H groups in total. The third-order valence-electron chi connectivity index (χ3n) is 2.01. The molecule has 0 aliphatic carbocycles. The van der Waals surface area contributed by atoms with E-state index in [-0.39, 0.29) is 6.61 Å². The quantitative estimate of drug-likeness (QED) is 0.774. The molecule has 2 heterocycles. The normalized spacial score (nSPS) is 9.59. The lowest BCUT2D eigenvalue weighted by molar-refractivity contribution is 0.140. The molecule has 0 saturated carbocycles. The molecule has 2 rings (SSSR count). The lowest BCUT2D eigenvalue weighted by Crippen LogP contribution is -2.11. The van der Waals surface area contributed by atoms with E-state index in [1.807, 2.05) is 6.07 Å². The Balaban J connectivity index is 1.94. The van der Waals surface area contributed by atoms with Gasteiger partial charge in [-0.2, -0.15) is 5.26 Å². The van der Waals surface area contributed by atoms with E-state index in [1.165, 1.54) is 29.5 Å². The molecule has 0 amide bonds. The van der Waals surface area contributed by atoms with Gasteiger partial charge in [-0.1, -0.05) is 0 Å². The smallest absolute Gasteiger partial charge is 0.419 e. The minimum absolute atomic E-state index is 0.0583. The molecular formula is C11H8N4O2. The van der Waals surface area contributed by atoms with Gasteiger partial charge < -0.3 is 4.74 Å². The Labute approximate surface area is 97.1 Å². The zero-order chi connectivity index (χ0) is 12.1. The van der Waals surface area contributed by atoms with Crippen LogP contribution in [0.4, 0.5) is 4.79 Å². The largest absolute Gasteiger partial charge is 0.442 e. The fourth-order valence-electron chi connectivity index (χ4n) is 1.15. The van der Waals surface area contributed by atoms with Crippen LogP contribution in [0.5, 0.6) is 0 Å². The molecule has 0 aromatic carbocycles. The summed E-state index contributed by atoms with van der Waals surface area (Å²) >= 11 is 0. The van der Waals surface area contributed by atoms with Crippen molar-refractivity contribution in [3.8, 4) is 6.07 Å². The Hall–Kier alpha value is -2.68. The first-order valence-corrected chi connectivity index (χ1v) is 4.79. The van der Waals surface area contributed by atoms with Gasteiger partial charge in [0.05, 0.1) is 11.3 Å². The number of rotatable bonds is 2. The van der Waals surface area contributed by atoms with Crippen LogP contribution in [0.2, 0.25) is 0 Å². The molecule has 0 unspecified atom stereocenters. The molecule has 0 radical (unpaired) electrons. The maximum absolute atomic E-state index is 11.4. The summed E-state index contributed by atoms with van der Waals surface area (Å²) in [6.45, 7) is 0.0583. The second kappa shape index (κ2) is 4.90. The third-order valence-corrected chi connectivity index (χ3v) is 2.01. The highest BCUT2D eigenvalue weighted by atomic mass is 16.5. The van der Waals surface area contributed by atoms with Crippen molar-refractivity contribution in [1.82, 2.24) is 14.5 Å². The van der Waals surface area contributed by atoms with Crippen LogP contribution < -0.4 is 0 Å². The van der Waals surface area contributed by atoms with Gasteiger partial charge in [-0.3, -0.25) is 4.98 Å². The van der Waals surface area contributed by atoms with Gasteiger partial charge in [0.1, 0.15) is 19.0 Å². The predicted molar refractivity (Wildman–Crippen MR) is 56.8 cm³/mol. The summed E-state index contributed by atoms with van der Waals surface area (Å²) in [4.78, 5) is 19.1. The Bertz CT molecular complexity index is 540. The fraction of sp³-hybridized carbons (Fsp3) is 0.0909. The van der Waals surface area contributed by atoms with Gasteiger partial charge in [0.25, 0.3) is 0 Å². The molecule has 0 aliphatic rings. The van der Waals surface area contributed by atoms with Crippen LogP contribution in [-0.2, 0) is 11.3 Å². The molecule has 84 valence electrons. The first-order chi connectivity index (χ1) is 8.29. The number of carbonyl (C=O) groups excluding carboxylic acids is 1. The summed E-state index contributed by atoms with van der Waals surface area (Å²) in [5, 5.41) is 8.59. The van der Waals surface area contributed by atoms with Crippen molar-refractivity contribution in [2.24, 2.45) is 0 Å². The van der Waals surface area contributed by atoms with Gasteiger partial charge in [-0.15, -0.1) is 0 Å². The molecule has 0 aliphatic heterocycles. The van der Waals surface area contributed by atoms with Crippen molar-refractivity contribution in [2.75, 3.05) is 0 Å². The maximum atomic E-state index is 11.4. The highest BCUT2D eigenvalue weighted by molar-refractivity contribution is 5.69. The monoisotopic (exact) mass is 228 g/mol. The van der Waals surface area contributed by atoms with E-state index < -0.39 is 6.09 Å². The fourth-order valence-corrected chi connectivity index (χ4v) is 1.15. The first kappa shape index (κ1) is 10.8. The number of hydrogen-bond donors (Lipinski definition) is 0. The van der Waals surface area contributed by atoms with Crippen LogP contribution >= 0.6 is 0 Å². The summed E-state index contributed by atoms with van der Waals surface area (Å²) < 4.78 is 6.21. The van der Waals surface area contributed by atoms with E-state index in [4.69, 9.17) is 10.00 Å². The first-order valence-electron chi connectivity index (χ1n) is 4.79. The van der Waals surface area contributed by atoms with Crippen molar-refractivity contribution < 1.29 is 9.53 Å². The highest BCUT2D eigenvalue weighted by Gasteiger charge is 2.05. The minimum Gasteiger partial charge on any atom is -0.442 e. The van der Waals surface area contributed by atoms with Crippen LogP contribution in [0.15, 0.2) is 37.1 Å². The number of pyridine rings is 1. The van der Waals surface area contributed by atoms with Crippen molar-refractivity contribution in [3.63, 3.8) is 0 Å². The van der Waals surface area contributed by atoms with Crippen LogP contribution in [0, 0.1) is 11.3 Å².